The van der Waals surface area contributed by atoms with Crippen LogP contribution in [0.5, 0.6) is 0 Å². The number of carboxylic acids is 2. The van der Waals surface area contributed by atoms with E-state index in [-0.39, 0.29) is 16.7 Å². The molecule has 0 aliphatic carbocycles. The minimum atomic E-state index is -1.23. The van der Waals surface area contributed by atoms with Crippen LogP contribution < -0.4 is 0 Å². The molecule has 0 unspecified atom stereocenters. The van der Waals surface area contributed by atoms with E-state index in [1.54, 1.807) is 0 Å². The van der Waals surface area contributed by atoms with E-state index >= 15 is 0 Å². The van der Waals surface area contributed by atoms with Crippen LogP contribution in [0.25, 0.3) is 64.6 Å². The van der Waals surface area contributed by atoms with Gasteiger partial charge < -0.3 is 10.2 Å². The van der Waals surface area contributed by atoms with E-state index in [1.807, 2.05) is 18.2 Å². The molecular formula is C52H26O4. The molecule has 0 aromatic heterocycles. The number of hydrogen-bond acceptors (Lipinski definition) is 2. The summed E-state index contributed by atoms with van der Waals surface area (Å²) in [6, 6.07) is 47.8. The van der Waals surface area contributed by atoms with Crippen molar-refractivity contribution >= 4 is 76.6 Å². The Labute approximate surface area is 320 Å². The number of aromatic carboxylic acids is 2. The lowest BCUT2D eigenvalue weighted by atomic mass is 9.92. The molecule has 0 amide bonds. The molecule has 0 saturated carbocycles. The van der Waals surface area contributed by atoms with Crippen LogP contribution in [-0.2, 0) is 0 Å². The molecule has 258 valence electrons. The van der Waals surface area contributed by atoms with Gasteiger partial charge in [-0.15, -0.1) is 0 Å². The highest BCUT2D eigenvalue weighted by atomic mass is 16.4. The Bertz CT molecular complexity index is 3250. The van der Waals surface area contributed by atoms with Gasteiger partial charge in [-0.2, -0.15) is 0 Å². The molecule has 56 heavy (non-hydrogen) atoms. The molecule has 0 saturated heterocycles. The maximum Gasteiger partial charge on any atom is 0.335 e. The lowest BCUT2D eigenvalue weighted by molar-refractivity contribution is 0.0696. The van der Waals surface area contributed by atoms with E-state index in [0.717, 1.165) is 38.7 Å². The monoisotopic (exact) mass is 714 g/mol. The Morgan fingerprint density at radius 1 is 0.339 bits per heavy atom. The largest absolute Gasteiger partial charge is 0.478 e. The summed E-state index contributed by atoms with van der Waals surface area (Å²) in [6.07, 6.45) is 0. The molecule has 0 aliphatic heterocycles. The van der Waals surface area contributed by atoms with Crippen LogP contribution in [-0.4, -0.2) is 22.2 Å². The molecule has 4 nitrogen and oxygen atoms in total. The van der Waals surface area contributed by atoms with Gasteiger partial charge in [0.05, 0.1) is 11.1 Å². The molecule has 4 heteroatoms. The van der Waals surface area contributed by atoms with Gasteiger partial charge in [0.2, 0.25) is 0 Å². The van der Waals surface area contributed by atoms with E-state index in [1.165, 1.54) is 55.2 Å². The molecule has 0 bridgehead atoms. The first-order chi connectivity index (χ1) is 27.4. The smallest absolute Gasteiger partial charge is 0.335 e. The summed E-state index contributed by atoms with van der Waals surface area (Å²) in [5.74, 6) is 17.3. The van der Waals surface area contributed by atoms with E-state index in [4.69, 9.17) is 0 Å². The molecule has 0 aliphatic rings. The molecule has 0 fully saturated rings. The quantitative estimate of drug-likeness (QED) is 0.138. The van der Waals surface area contributed by atoms with Gasteiger partial charge in [-0.05, 0) is 113 Å². The lowest BCUT2D eigenvalue weighted by Gasteiger charge is -2.11. The zero-order chi connectivity index (χ0) is 37.9. The minimum Gasteiger partial charge on any atom is -0.478 e. The second-order valence-corrected chi connectivity index (χ2v) is 13.9. The fraction of sp³-hybridized carbons (Fsp3) is 0. The fourth-order valence-corrected chi connectivity index (χ4v) is 7.90. The Morgan fingerprint density at radius 2 is 0.661 bits per heavy atom. The predicted molar refractivity (Wildman–Crippen MR) is 225 cm³/mol. The third-order valence-corrected chi connectivity index (χ3v) is 10.5. The summed E-state index contributed by atoms with van der Waals surface area (Å²) in [5, 5.41) is 33.3. The van der Waals surface area contributed by atoms with Crippen molar-refractivity contribution in [1.29, 1.82) is 0 Å². The average Bonchev–Trinajstić information content (AvgIpc) is 3.22. The molecular weight excluding hydrogens is 689 g/mol. The van der Waals surface area contributed by atoms with E-state index in [2.05, 4.69) is 145 Å². The fourth-order valence-electron chi connectivity index (χ4n) is 7.90. The molecule has 0 atom stereocenters. The van der Waals surface area contributed by atoms with Crippen molar-refractivity contribution in [2.45, 2.75) is 0 Å². The van der Waals surface area contributed by atoms with Gasteiger partial charge in [0, 0.05) is 33.4 Å². The molecule has 10 aromatic carbocycles. The van der Waals surface area contributed by atoms with Crippen LogP contribution in [0, 0.1) is 35.5 Å². The standard InChI is InChI=1S/C52H26O4/c53-51(54)43-28-34(29-44(30-43)52(55)56)8-7-31-25-32(9-11-35-13-15-41-19-17-37-3-1-5-39-21-23-45(35)49(41)47(37)39)27-33(26-31)10-12-36-14-16-42-20-18-38-4-2-6-40-22-24-46(36)50(42)48(38)40/h1-6,13-30H,(H,53,54)(H,55,56). The summed E-state index contributed by atoms with van der Waals surface area (Å²) in [4.78, 5) is 23.5. The van der Waals surface area contributed by atoms with Gasteiger partial charge in [0.1, 0.15) is 0 Å². The molecule has 2 N–H and O–H groups in total. The van der Waals surface area contributed by atoms with Crippen LogP contribution in [0.3, 0.4) is 0 Å². The molecule has 10 rings (SSSR count). The summed E-state index contributed by atoms with van der Waals surface area (Å²) in [5.41, 5.74) is 3.78. The first kappa shape index (κ1) is 32.5. The van der Waals surface area contributed by atoms with Gasteiger partial charge in [-0.1, -0.05) is 133 Å². The second kappa shape index (κ2) is 12.8. The van der Waals surface area contributed by atoms with E-state index < -0.39 is 11.9 Å². The zero-order valence-electron chi connectivity index (χ0n) is 29.6. The summed E-state index contributed by atoms with van der Waals surface area (Å²) in [6.45, 7) is 0. The Kier molecular flexibility index (Phi) is 7.43. The second-order valence-electron chi connectivity index (χ2n) is 13.9. The summed E-state index contributed by atoms with van der Waals surface area (Å²) >= 11 is 0. The minimum absolute atomic E-state index is 0.151. The van der Waals surface area contributed by atoms with Gasteiger partial charge in [0.15, 0.2) is 0 Å². The van der Waals surface area contributed by atoms with Crippen LogP contribution in [0.1, 0.15) is 54.1 Å². The Hall–Kier alpha value is -8.10. The van der Waals surface area contributed by atoms with Crippen LogP contribution in [0.2, 0.25) is 0 Å². The van der Waals surface area contributed by atoms with Crippen molar-refractivity contribution in [2.75, 3.05) is 0 Å². The normalized spacial score (nSPS) is 11.1. The van der Waals surface area contributed by atoms with E-state index in [0.29, 0.717) is 16.7 Å². The van der Waals surface area contributed by atoms with Gasteiger partial charge in [0.25, 0.3) is 0 Å². The van der Waals surface area contributed by atoms with Gasteiger partial charge in [-0.25, -0.2) is 9.59 Å². The molecule has 0 spiro atoms. The molecule has 0 heterocycles. The number of carboxylic acid groups (broad SMARTS) is 2. The SMILES string of the molecule is O=C(O)c1cc(C#Cc2cc(C#Cc3ccc4ccc5cccc6ccc3c4c56)cc(C#Cc3ccc4ccc5cccc6ccc3c4c56)c2)cc(C(=O)O)c1. The highest BCUT2D eigenvalue weighted by molar-refractivity contribution is 6.25. The Balaban J connectivity index is 1.11. The number of rotatable bonds is 2. The maximum absolute atomic E-state index is 11.8. The average molecular weight is 715 g/mol. The zero-order valence-corrected chi connectivity index (χ0v) is 29.6. The maximum atomic E-state index is 11.8. The highest BCUT2D eigenvalue weighted by Gasteiger charge is 2.13. The van der Waals surface area contributed by atoms with Crippen molar-refractivity contribution in [2.24, 2.45) is 0 Å². The molecule has 10 aromatic rings. The lowest BCUT2D eigenvalue weighted by Crippen LogP contribution is -2.03. The molecule has 0 radical (unpaired) electrons. The van der Waals surface area contributed by atoms with Crippen LogP contribution in [0.4, 0.5) is 0 Å². The number of benzene rings is 10. The van der Waals surface area contributed by atoms with Gasteiger partial charge >= 0.3 is 11.9 Å². The predicted octanol–water partition coefficient (Wildman–Crippen LogP) is 11.1. The first-order valence-electron chi connectivity index (χ1n) is 18.0. The topological polar surface area (TPSA) is 74.6 Å². The summed E-state index contributed by atoms with van der Waals surface area (Å²) < 4.78 is 0. The third kappa shape index (κ3) is 5.57. The van der Waals surface area contributed by atoms with Gasteiger partial charge in [-0.3, -0.25) is 0 Å². The number of carbonyl (C=O) groups is 2. The van der Waals surface area contributed by atoms with Crippen molar-refractivity contribution in [3.8, 4) is 35.5 Å². The van der Waals surface area contributed by atoms with Crippen LogP contribution in [0.15, 0.2) is 146 Å². The van der Waals surface area contributed by atoms with Crippen molar-refractivity contribution in [1.82, 2.24) is 0 Å². The van der Waals surface area contributed by atoms with Crippen molar-refractivity contribution in [3.63, 3.8) is 0 Å². The first-order valence-corrected chi connectivity index (χ1v) is 18.0. The van der Waals surface area contributed by atoms with Crippen molar-refractivity contribution in [3.05, 3.63) is 190 Å². The summed E-state index contributed by atoms with van der Waals surface area (Å²) in [7, 11) is 0. The number of hydrogen-bond donors (Lipinski definition) is 2. The third-order valence-electron chi connectivity index (χ3n) is 10.5. The van der Waals surface area contributed by atoms with Crippen LogP contribution >= 0.6 is 0 Å². The highest BCUT2D eigenvalue weighted by Crippen LogP contribution is 2.37. The van der Waals surface area contributed by atoms with E-state index in [9.17, 15) is 19.8 Å². The van der Waals surface area contributed by atoms with Crippen molar-refractivity contribution < 1.29 is 19.8 Å². The Morgan fingerprint density at radius 3 is 1.05 bits per heavy atom.